The summed E-state index contributed by atoms with van der Waals surface area (Å²) in [7, 11) is 18.4. The van der Waals surface area contributed by atoms with E-state index in [1.807, 2.05) is 0 Å². The Morgan fingerprint density at radius 2 is 0.865 bits per heavy atom. The minimum atomic E-state index is -5.68. The van der Waals surface area contributed by atoms with Crippen molar-refractivity contribution in [1.29, 1.82) is 0 Å². The van der Waals surface area contributed by atoms with Crippen LogP contribution < -0.4 is 0 Å². The van der Waals surface area contributed by atoms with Gasteiger partial charge in [-0.25, -0.2) is 0 Å². The molecule has 0 N–H and O–H groups in total. The van der Waals surface area contributed by atoms with Crippen LogP contribution in [0.15, 0.2) is 157 Å². The monoisotopic (exact) mass is 792 g/mol. The van der Waals surface area contributed by atoms with Gasteiger partial charge in [0.1, 0.15) is 0 Å². The van der Waals surface area contributed by atoms with Gasteiger partial charge in [0, 0.05) is 0 Å². The van der Waals surface area contributed by atoms with Crippen LogP contribution in [0.3, 0.4) is 0 Å². The molecule has 2 unspecified atom stereocenters. The molecule has 0 heterocycles. The van der Waals surface area contributed by atoms with Crippen molar-refractivity contribution in [2.24, 2.45) is 0 Å². The Morgan fingerprint density at radius 1 is 0.481 bits per heavy atom. The zero-order valence-corrected chi connectivity index (χ0v) is 34.3. The number of aryl methyl sites for hydroxylation is 2. The summed E-state index contributed by atoms with van der Waals surface area (Å²) in [6.07, 6.45) is 6.60. The predicted molar refractivity (Wildman–Crippen MR) is 223 cm³/mol. The molecule has 0 saturated carbocycles. The fourth-order valence-corrected chi connectivity index (χ4v) is 32.4. The molecule has 52 heavy (non-hydrogen) atoms. The number of hydrogen-bond donors (Lipinski definition) is 0. The van der Waals surface area contributed by atoms with Gasteiger partial charge in [-0.05, 0) is 0 Å². The molecule has 0 radical (unpaired) electrons. The van der Waals surface area contributed by atoms with Crippen LogP contribution in [0, 0.1) is 13.8 Å². The van der Waals surface area contributed by atoms with Gasteiger partial charge in [-0.2, -0.15) is 0 Å². The molecule has 0 aliphatic heterocycles. The van der Waals surface area contributed by atoms with Gasteiger partial charge < -0.3 is 0 Å². The first-order chi connectivity index (χ1) is 25.2. The normalized spacial score (nSPS) is 16.6. The van der Waals surface area contributed by atoms with E-state index in [1.165, 1.54) is 66.8 Å². The van der Waals surface area contributed by atoms with Gasteiger partial charge in [-0.15, -0.1) is 0 Å². The summed E-state index contributed by atoms with van der Waals surface area (Å²) in [6, 6.07) is 53.0. The Hall–Kier alpha value is -3.87. The predicted octanol–water partition coefficient (Wildman–Crippen LogP) is 14.3. The Kier molecular flexibility index (Phi) is 9.36. The van der Waals surface area contributed by atoms with Gasteiger partial charge in [-0.1, -0.05) is 0 Å². The summed E-state index contributed by atoms with van der Waals surface area (Å²) in [5.74, 6) is 0. The molecule has 0 saturated heterocycles. The molecule has 6 aromatic carbocycles. The van der Waals surface area contributed by atoms with Crippen molar-refractivity contribution in [3.8, 4) is 22.3 Å². The van der Waals surface area contributed by atoms with Gasteiger partial charge in [0.25, 0.3) is 0 Å². The van der Waals surface area contributed by atoms with E-state index in [9.17, 15) is 17.0 Å². The molecular formula is C49H44Cl2Zr. The number of rotatable bonds is 8. The molecule has 0 spiro atoms. The number of benzene rings is 6. The third-order valence-corrected chi connectivity index (χ3v) is 31.2. The molecule has 2 aliphatic rings. The van der Waals surface area contributed by atoms with E-state index in [-0.39, 0.29) is 7.25 Å². The Labute approximate surface area is 317 Å². The van der Waals surface area contributed by atoms with Crippen LogP contribution >= 0.6 is 17.0 Å². The van der Waals surface area contributed by atoms with Crippen LogP contribution in [-0.4, -0.2) is 3.21 Å². The van der Waals surface area contributed by atoms with Gasteiger partial charge in [0.15, 0.2) is 0 Å². The molecule has 3 heteroatoms. The van der Waals surface area contributed by atoms with Gasteiger partial charge in [0.05, 0.1) is 0 Å². The molecular weight excluding hydrogens is 751 g/mol. The summed E-state index contributed by atoms with van der Waals surface area (Å²) in [6.45, 7) is 8.85. The van der Waals surface area contributed by atoms with Gasteiger partial charge >= 0.3 is 320 Å². The van der Waals surface area contributed by atoms with Crippen LogP contribution in [-0.2, 0) is 15.9 Å². The van der Waals surface area contributed by atoms with E-state index in [4.69, 9.17) is 0 Å². The van der Waals surface area contributed by atoms with Crippen molar-refractivity contribution < 1.29 is 15.9 Å². The first-order valence-corrected chi connectivity index (χ1v) is 29.0. The first kappa shape index (κ1) is 35.2. The maximum absolute atomic E-state index is 9.18. The Balaban J connectivity index is 1.55. The van der Waals surface area contributed by atoms with Crippen molar-refractivity contribution >= 4 is 32.4 Å². The summed E-state index contributed by atoms with van der Waals surface area (Å²) < 4.78 is 0.865. The van der Waals surface area contributed by atoms with Crippen LogP contribution in [0.4, 0.5) is 0 Å². The van der Waals surface area contributed by atoms with Crippen molar-refractivity contribution in [3.63, 3.8) is 0 Å². The number of hydrogen-bond acceptors (Lipinski definition) is 0. The average Bonchev–Trinajstić information content (AvgIpc) is 3.77. The number of halogens is 2. The fraction of sp³-hybridized carbons (Fsp3) is 0.163. The van der Waals surface area contributed by atoms with E-state index >= 15 is 0 Å². The van der Waals surface area contributed by atoms with Crippen LogP contribution in [0.5, 0.6) is 0 Å². The van der Waals surface area contributed by atoms with E-state index in [1.54, 1.807) is 0 Å². The second-order valence-corrected chi connectivity index (χ2v) is 35.1. The Morgan fingerprint density at radius 3 is 1.23 bits per heavy atom. The third-order valence-electron chi connectivity index (χ3n) is 11.5. The van der Waals surface area contributed by atoms with Crippen molar-refractivity contribution in [1.82, 2.24) is 0 Å². The van der Waals surface area contributed by atoms with Gasteiger partial charge in [0.2, 0.25) is 0 Å². The van der Waals surface area contributed by atoms with E-state index in [2.05, 4.69) is 185 Å². The van der Waals surface area contributed by atoms with Crippen LogP contribution in [0.2, 0.25) is 0 Å². The quantitative estimate of drug-likeness (QED) is 0.144. The summed E-state index contributed by atoms with van der Waals surface area (Å²) in [5.41, 5.74) is 17.2. The maximum atomic E-state index is 9.18. The zero-order chi connectivity index (χ0) is 36.1. The molecule has 0 bridgehead atoms. The van der Waals surface area contributed by atoms with Gasteiger partial charge in [-0.3, -0.25) is 0 Å². The molecule has 2 aliphatic carbocycles. The summed E-state index contributed by atoms with van der Waals surface area (Å²) in [4.78, 5) is 0. The van der Waals surface area contributed by atoms with Crippen molar-refractivity contribution in [3.05, 3.63) is 201 Å². The zero-order valence-electron chi connectivity index (χ0n) is 30.3. The number of fused-ring (bicyclic) bond motifs is 2. The number of allylic oxidation sites excluding steroid dienone is 2. The molecule has 0 aromatic heterocycles. The topological polar surface area (TPSA) is 0 Å². The average molecular weight is 795 g/mol. The van der Waals surface area contributed by atoms with E-state index < -0.39 is 15.9 Å². The third kappa shape index (κ3) is 5.72. The summed E-state index contributed by atoms with van der Waals surface area (Å²) >= 11 is -5.68. The molecule has 0 amide bonds. The summed E-state index contributed by atoms with van der Waals surface area (Å²) in [5, 5.41) is 0. The van der Waals surface area contributed by atoms with E-state index in [0.29, 0.717) is 0 Å². The second-order valence-electron chi connectivity index (χ2n) is 14.6. The first-order valence-electron chi connectivity index (χ1n) is 18.6. The molecule has 2 atom stereocenters. The Bertz CT molecular complexity index is 2260. The van der Waals surface area contributed by atoms with Crippen LogP contribution in [0.25, 0.3) is 34.4 Å². The van der Waals surface area contributed by atoms with Crippen molar-refractivity contribution in [2.45, 2.75) is 47.8 Å². The molecule has 0 fully saturated rings. The van der Waals surface area contributed by atoms with Crippen molar-refractivity contribution in [2.75, 3.05) is 0 Å². The SMILES string of the molecule is CCC1=Cc2c(-c3ccccc3)cccc2[CH]1[Zr]([Cl])([Cl])(=[C](c1ccc(C)cc1)c1ccc(C)cc1)[CH]1C(CC)=Cc2c(-c3ccccc3)cccc21. The second kappa shape index (κ2) is 13.8. The fourth-order valence-electron chi connectivity index (χ4n) is 9.14. The molecule has 258 valence electrons. The minimum absolute atomic E-state index is 0.141. The standard InChI is InChI=1S/2C17H15.C15H14.2ClH.Zr/c2*1-2-13-11-15-9-6-10-16(17(15)12-13)14-7-4-3-5-8-14;1-12-3-7-14(8-4-12)11-15-9-5-13(2)6-10-15;;;/h2*3-12H,2H2,1H3;3-10H,1-2H3;2*1H;/q;;;;;+2/p-2. The van der Waals surface area contributed by atoms with Crippen LogP contribution in [0.1, 0.15) is 78.4 Å². The molecule has 0 nitrogen and oxygen atoms in total. The van der Waals surface area contributed by atoms with E-state index in [0.717, 1.165) is 27.2 Å². The molecule has 8 rings (SSSR count). The molecule has 6 aromatic rings.